The van der Waals surface area contributed by atoms with Crippen LogP contribution in [-0.2, 0) is 4.74 Å². The van der Waals surface area contributed by atoms with Crippen molar-refractivity contribution in [2.45, 2.75) is 40.2 Å². The molecule has 0 spiro atoms. The minimum absolute atomic E-state index is 0.194. The summed E-state index contributed by atoms with van der Waals surface area (Å²) in [5.74, 6) is -0.968. The highest BCUT2D eigenvalue weighted by atomic mass is 16.5. The van der Waals surface area contributed by atoms with Crippen LogP contribution in [0.25, 0.3) is 0 Å². The molecular formula is C25H29N3O5. The molecule has 0 radical (unpaired) electrons. The average Bonchev–Trinajstić information content (AvgIpc) is 3.01. The van der Waals surface area contributed by atoms with E-state index in [0.717, 1.165) is 10.5 Å². The van der Waals surface area contributed by atoms with E-state index in [4.69, 9.17) is 4.74 Å². The summed E-state index contributed by atoms with van der Waals surface area (Å²) in [6, 6.07) is 11.3. The summed E-state index contributed by atoms with van der Waals surface area (Å²) >= 11 is 0. The zero-order valence-corrected chi connectivity index (χ0v) is 19.3. The Morgan fingerprint density at radius 1 is 1.03 bits per heavy atom. The molecule has 4 amide bonds. The number of amides is 4. The van der Waals surface area contributed by atoms with Gasteiger partial charge in [0.25, 0.3) is 17.7 Å². The molecular weight excluding hydrogens is 422 g/mol. The maximum atomic E-state index is 13.0. The topological polar surface area (TPSA) is 105 Å². The molecule has 0 saturated heterocycles. The van der Waals surface area contributed by atoms with Gasteiger partial charge in [-0.2, -0.15) is 0 Å². The minimum Gasteiger partial charge on any atom is -0.450 e. The molecule has 0 aromatic heterocycles. The van der Waals surface area contributed by atoms with Gasteiger partial charge in [-0.05, 0) is 56.0 Å². The average molecular weight is 452 g/mol. The van der Waals surface area contributed by atoms with Gasteiger partial charge in [-0.15, -0.1) is 0 Å². The number of carbonyl (C=O) groups excluding carboxylic acids is 4. The second-order valence-corrected chi connectivity index (χ2v) is 8.39. The monoisotopic (exact) mass is 451 g/mol. The molecule has 2 N–H and O–H groups in total. The van der Waals surface area contributed by atoms with Crippen molar-refractivity contribution in [3.05, 3.63) is 64.7 Å². The summed E-state index contributed by atoms with van der Waals surface area (Å²) in [7, 11) is 0. The third kappa shape index (κ3) is 5.39. The molecule has 0 saturated carbocycles. The van der Waals surface area contributed by atoms with Crippen LogP contribution in [-0.4, -0.2) is 43.0 Å². The third-order valence-electron chi connectivity index (χ3n) is 5.37. The lowest BCUT2D eigenvalue weighted by Crippen LogP contribution is -2.44. The Balaban J connectivity index is 1.74. The lowest BCUT2D eigenvalue weighted by molar-refractivity contribution is 0.0923. The molecule has 2 aromatic carbocycles. The van der Waals surface area contributed by atoms with Gasteiger partial charge in [-0.3, -0.25) is 14.4 Å². The summed E-state index contributed by atoms with van der Waals surface area (Å²) in [5, 5.41) is 5.56. The van der Waals surface area contributed by atoms with Gasteiger partial charge in [-0.25, -0.2) is 9.69 Å². The molecule has 2 aromatic rings. The highest BCUT2D eigenvalue weighted by Crippen LogP contribution is 2.31. The standard InChI is InChI=1S/C25H29N3O5/c1-5-33-25(32)27-18(12-15(2)3)14-26-22(29)17-10-11-19-20(13-17)24(31)28(23(19)30)21-9-7-6-8-16(21)4/h6-11,13,15,18H,5,12,14H2,1-4H3,(H,26,29)(H,27,32). The predicted molar refractivity (Wildman–Crippen MR) is 124 cm³/mol. The van der Waals surface area contributed by atoms with Crippen molar-refractivity contribution in [1.82, 2.24) is 10.6 Å². The summed E-state index contributed by atoms with van der Waals surface area (Å²) in [6.45, 7) is 8.05. The summed E-state index contributed by atoms with van der Waals surface area (Å²) < 4.78 is 4.94. The molecule has 0 aliphatic carbocycles. The number of rotatable bonds is 8. The smallest absolute Gasteiger partial charge is 0.407 e. The van der Waals surface area contributed by atoms with E-state index in [-0.39, 0.29) is 35.9 Å². The van der Waals surface area contributed by atoms with E-state index >= 15 is 0 Å². The number of fused-ring (bicyclic) bond motifs is 1. The van der Waals surface area contributed by atoms with Crippen LogP contribution in [0.2, 0.25) is 0 Å². The van der Waals surface area contributed by atoms with Crippen LogP contribution in [0.1, 0.15) is 63.8 Å². The number of anilines is 1. The Morgan fingerprint density at radius 2 is 1.73 bits per heavy atom. The Bertz CT molecular complexity index is 1080. The van der Waals surface area contributed by atoms with Crippen molar-refractivity contribution < 1.29 is 23.9 Å². The number of nitrogens with zero attached hydrogens (tertiary/aromatic N) is 1. The largest absolute Gasteiger partial charge is 0.450 e. The first-order valence-electron chi connectivity index (χ1n) is 11.0. The van der Waals surface area contributed by atoms with E-state index in [1.165, 1.54) is 18.2 Å². The van der Waals surface area contributed by atoms with Crippen molar-refractivity contribution in [1.29, 1.82) is 0 Å². The van der Waals surface area contributed by atoms with Crippen LogP contribution in [0.15, 0.2) is 42.5 Å². The maximum absolute atomic E-state index is 13.0. The van der Waals surface area contributed by atoms with E-state index in [2.05, 4.69) is 10.6 Å². The molecule has 1 aliphatic heterocycles. The minimum atomic E-state index is -0.532. The van der Waals surface area contributed by atoms with Gasteiger partial charge in [0.2, 0.25) is 0 Å². The van der Waals surface area contributed by atoms with Crippen LogP contribution >= 0.6 is 0 Å². The summed E-state index contributed by atoms with van der Waals surface area (Å²) in [5.41, 5.74) is 2.05. The number of imide groups is 1. The van der Waals surface area contributed by atoms with Crippen molar-refractivity contribution in [2.75, 3.05) is 18.1 Å². The van der Waals surface area contributed by atoms with Crippen LogP contribution < -0.4 is 15.5 Å². The highest BCUT2D eigenvalue weighted by Gasteiger charge is 2.37. The molecule has 174 valence electrons. The number of hydrogen-bond acceptors (Lipinski definition) is 5. The normalized spacial score (nSPS) is 13.7. The van der Waals surface area contributed by atoms with Crippen molar-refractivity contribution in [2.24, 2.45) is 5.92 Å². The van der Waals surface area contributed by atoms with Gasteiger partial charge in [0.15, 0.2) is 0 Å². The molecule has 0 fully saturated rings. The zero-order chi connectivity index (χ0) is 24.1. The molecule has 8 heteroatoms. The number of para-hydroxylation sites is 1. The molecule has 3 rings (SSSR count). The predicted octanol–water partition coefficient (Wildman–Crippen LogP) is 3.69. The Hall–Kier alpha value is -3.68. The number of benzene rings is 2. The fourth-order valence-corrected chi connectivity index (χ4v) is 3.83. The van der Waals surface area contributed by atoms with Gasteiger partial charge in [0.1, 0.15) is 0 Å². The van der Waals surface area contributed by atoms with E-state index in [0.29, 0.717) is 18.0 Å². The van der Waals surface area contributed by atoms with Crippen LogP contribution in [0.4, 0.5) is 10.5 Å². The fraction of sp³-hybridized carbons (Fsp3) is 0.360. The number of carbonyl (C=O) groups is 4. The molecule has 1 heterocycles. The molecule has 0 bridgehead atoms. The van der Waals surface area contributed by atoms with E-state index in [1.54, 1.807) is 19.1 Å². The second-order valence-electron chi connectivity index (χ2n) is 8.39. The van der Waals surface area contributed by atoms with Gasteiger partial charge in [-0.1, -0.05) is 32.0 Å². The van der Waals surface area contributed by atoms with Gasteiger partial charge in [0.05, 0.1) is 23.4 Å². The molecule has 1 unspecified atom stereocenters. The number of alkyl carbamates (subject to hydrolysis) is 1. The Kier molecular flexibility index (Phi) is 7.48. The van der Waals surface area contributed by atoms with Crippen LogP contribution in [0, 0.1) is 12.8 Å². The van der Waals surface area contributed by atoms with Crippen molar-refractivity contribution in [3.63, 3.8) is 0 Å². The van der Waals surface area contributed by atoms with Crippen molar-refractivity contribution in [3.8, 4) is 0 Å². The lowest BCUT2D eigenvalue weighted by Gasteiger charge is -2.20. The van der Waals surface area contributed by atoms with Crippen LogP contribution in [0.5, 0.6) is 0 Å². The molecule has 1 atom stereocenters. The lowest BCUT2D eigenvalue weighted by atomic mass is 10.0. The Labute approximate surface area is 193 Å². The maximum Gasteiger partial charge on any atom is 0.407 e. The molecule has 1 aliphatic rings. The number of ether oxygens (including phenoxy) is 1. The van der Waals surface area contributed by atoms with E-state index in [1.807, 2.05) is 32.9 Å². The summed E-state index contributed by atoms with van der Waals surface area (Å²) in [4.78, 5) is 51.6. The van der Waals surface area contributed by atoms with Crippen molar-refractivity contribution >= 4 is 29.5 Å². The summed E-state index contributed by atoms with van der Waals surface area (Å²) in [6.07, 6.45) is 0.122. The number of hydrogen-bond donors (Lipinski definition) is 2. The number of nitrogens with one attached hydrogen (secondary N) is 2. The first kappa shape index (κ1) is 24.0. The van der Waals surface area contributed by atoms with Gasteiger partial charge < -0.3 is 15.4 Å². The van der Waals surface area contributed by atoms with Gasteiger partial charge >= 0.3 is 6.09 Å². The first-order chi connectivity index (χ1) is 15.7. The second kappa shape index (κ2) is 10.3. The van der Waals surface area contributed by atoms with E-state index < -0.39 is 23.8 Å². The first-order valence-corrected chi connectivity index (χ1v) is 11.0. The van der Waals surface area contributed by atoms with Gasteiger partial charge in [0, 0.05) is 18.2 Å². The molecule has 8 nitrogen and oxygen atoms in total. The number of aryl methyl sites for hydroxylation is 1. The zero-order valence-electron chi connectivity index (χ0n) is 19.3. The Morgan fingerprint density at radius 3 is 2.39 bits per heavy atom. The fourth-order valence-electron chi connectivity index (χ4n) is 3.83. The highest BCUT2D eigenvalue weighted by molar-refractivity contribution is 6.35. The van der Waals surface area contributed by atoms with Crippen LogP contribution in [0.3, 0.4) is 0 Å². The quantitative estimate of drug-likeness (QED) is 0.596. The third-order valence-corrected chi connectivity index (χ3v) is 5.37. The SMILES string of the molecule is CCOC(=O)NC(CNC(=O)c1ccc2c(c1)C(=O)N(c1ccccc1C)C2=O)CC(C)C. The van der Waals surface area contributed by atoms with E-state index in [9.17, 15) is 19.2 Å². The molecule has 33 heavy (non-hydrogen) atoms.